The van der Waals surface area contributed by atoms with Crippen molar-refractivity contribution in [2.75, 3.05) is 30.7 Å². The standard InChI is InChI=1S/C31H41N5O4S/c1-5-7-15-34(16-8-6-2)31(39)28-17-22(3)36(32-28)29-14-13-25(33-41(4)40)19-27(29)30(38)35-20-24-12-10-9-11-23(24)18-26(35)21-37/h9-14,17,19,26,33,37H,5-8,15-16,18,20-21H2,1-4H3. The van der Waals surface area contributed by atoms with Gasteiger partial charge in [-0.05, 0) is 61.6 Å². The van der Waals surface area contributed by atoms with E-state index < -0.39 is 11.0 Å². The summed E-state index contributed by atoms with van der Waals surface area (Å²) < 4.78 is 16.5. The molecule has 0 aliphatic carbocycles. The summed E-state index contributed by atoms with van der Waals surface area (Å²) in [7, 11) is -1.34. The number of hydrogen-bond donors (Lipinski definition) is 2. The van der Waals surface area contributed by atoms with Crippen molar-refractivity contribution in [3.8, 4) is 5.69 Å². The molecule has 0 spiro atoms. The molecule has 1 aliphatic heterocycles. The molecule has 1 aliphatic rings. The van der Waals surface area contributed by atoms with Gasteiger partial charge in [-0.3, -0.25) is 9.59 Å². The highest BCUT2D eigenvalue weighted by Gasteiger charge is 2.32. The van der Waals surface area contributed by atoms with Crippen molar-refractivity contribution >= 4 is 28.5 Å². The summed E-state index contributed by atoms with van der Waals surface area (Å²) in [4.78, 5) is 31.3. The number of nitrogens with one attached hydrogen (secondary N) is 1. The molecule has 0 saturated heterocycles. The monoisotopic (exact) mass is 579 g/mol. The van der Waals surface area contributed by atoms with Crippen molar-refractivity contribution < 1.29 is 18.9 Å². The van der Waals surface area contributed by atoms with E-state index in [1.54, 1.807) is 33.8 Å². The van der Waals surface area contributed by atoms with Crippen LogP contribution in [0.3, 0.4) is 0 Å². The number of amides is 2. The van der Waals surface area contributed by atoms with Crippen LogP contribution in [0.1, 0.15) is 77.2 Å². The molecule has 2 N–H and O–H groups in total. The Bertz CT molecular complexity index is 1400. The number of anilines is 1. The fraction of sp³-hybridized carbons (Fsp3) is 0.452. The highest BCUT2D eigenvalue weighted by atomic mass is 32.2. The molecular weight excluding hydrogens is 538 g/mol. The summed E-state index contributed by atoms with van der Waals surface area (Å²) in [5.41, 5.74) is 4.61. The van der Waals surface area contributed by atoms with E-state index >= 15 is 0 Å². The Morgan fingerprint density at radius 2 is 1.76 bits per heavy atom. The van der Waals surface area contributed by atoms with Crippen LogP contribution in [0.25, 0.3) is 5.69 Å². The van der Waals surface area contributed by atoms with Crippen LogP contribution >= 0.6 is 0 Å². The molecule has 10 heteroatoms. The first-order chi connectivity index (χ1) is 19.8. The Hall–Kier alpha value is -3.50. The first-order valence-corrected chi connectivity index (χ1v) is 15.9. The number of carbonyl (C=O) groups is 2. The maximum absolute atomic E-state index is 14.2. The molecule has 4 rings (SSSR count). The molecule has 1 aromatic heterocycles. The van der Waals surface area contributed by atoms with Crippen molar-refractivity contribution in [3.63, 3.8) is 0 Å². The molecule has 0 saturated carbocycles. The molecule has 2 atom stereocenters. The summed E-state index contributed by atoms with van der Waals surface area (Å²) in [6.45, 7) is 7.63. The predicted molar refractivity (Wildman–Crippen MR) is 163 cm³/mol. The average Bonchev–Trinajstić information content (AvgIpc) is 3.36. The SMILES string of the molecule is CCCCN(CCCC)C(=O)c1cc(C)n(-c2ccc(NS(C)=O)cc2C(=O)N2Cc3ccccc3CC2CO)n1. The molecule has 0 radical (unpaired) electrons. The first-order valence-electron chi connectivity index (χ1n) is 14.4. The minimum atomic E-state index is -1.34. The van der Waals surface area contributed by atoms with Gasteiger partial charge >= 0.3 is 0 Å². The Morgan fingerprint density at radius 1 is 1.07 bits per heavy atom. The number of aliphatic hydroxyl groups is 1. The van der Waals surface area contributed by atoms with Gasteiger partial charge in [0.05, 0.1) is 23.9 Å². The number of aromatic nitrogens is 2. The maximum Gasteiger partial charge on any atom is 0.274 e. The molecule has 0 bridgehead atoms. The van der Waals surface area contributed by atoms with Crippen LogP contribution in [0.5, 0.6) is 0 Å². The lowest BCUT2D eigenvalue weighted by Crippen LogP contribution is -2.46. The highest BCUT2D eigenvalue weighted by molar-refractivity contribution is 7.85. The fourth-order valence-corrected chi connectivity index (χ4v) is 5.72. The molecule has 0 fully saturated rings. The van der Waals surface area contributed by atoms with E-state index in [4.69, 9.17) is 5.10 Å². The topological polar surface area (TPSA) is 108 Å². The van der Waals surface area contributed by atoms with Gasteiger partial charge in [-0.15, -0.1) is 0 Å². The Kier molecular flexibility index (Phi) is 10.3. The normalized spacial score (nSPS) is 15.3. The third kappa shape index (κ3) is 7.05. The minimum Gasteiger partial charge on any atom is -0.394 e. The van der Waals surface area contributed by atoms with Crippen LogP contribution in [0.2, 0.25) is 0 Å². The summed E-state index contributed by atoms with van der Waals surface area (Å²) in [5, 5.41) is 14.9. The third-order valence-corrected chi connectivity index (χ3v) is 8.02. The van der Waals surface area contributed by atoms with E-state index in [-0.39, 0.29) is 24.5 Å². The quantitative estimate of drug-likeness (QED) is 0.329. The summed E-state index contributed by atoms with van der Waals surface area (Å²) in [5.74, 6) is -0.386. The van der Waals surface area contributed by atoms with Crippen molar-refractivity contribution in [2.45, 2.75) is 65.5 Å². The largest absolute Gasteiger partial charge is 0.394 e. The number of benzene rings is 2. The zero-order valence-corrected chi connectivity index (χ0v) is 25.2. The van der Waals surface area contributed by atoms with Crippen LogP contribution < -0.4 is 4.72 Å². The number of aryl methyl sites for hydroxylation is 1. The van der Waals surface area contributed by atoms with Gasteiger partial charge in [0.1, 0.15) is 11.0 Å². The number of nitrogens with zero attached hydrogens (tertiary/aromatic N) is 4. The van der Waals surface area contributed by atoms with Gasteiger partial charge in [-0.1, -0.05) is 51.0 Å². The number of rotatable bonds is 12. The van der Waals surface area contributed by atoms with Crippen molar-refractivity contribution in [1.82, 2.24) is 19.6 Å². The molecule has 41 heavy (non-hydrogen) atoms. The van der Waals surface area contributed by atoms with Gasteiger partial charge in [0.25, 0.3) is 11.8 Å². The number of hydrogen-bond acceptors (Lipinski definition) is 5. The Morgan fingerprint density at radius 3 is 2.39 bits per heavy atom. The maximum atomic E-state index is 14.2. The average molecular weight is 580 g/mol. The van der Waals surface area contributed by atoms with Gasteiger partial charge in [-0.2, -0.15) is 5.10 Å². The zero-order chi connectivity index (χ0) is 29.5. The number of fused-ring (bicyclic) bond motifs is 1. The van der Waals surface area contributed by atoms with E-state index in [0.29, 0.717) is 48.7 Å². The van der Waals surface area contributed by atoms with Gasteiger partial charge in [-0.25, -0.2) is 8.89 Å². The number of carbonyl (C=O) groups excluding carboxylic acids is 2. The van der Waals surface area contributed by atoms with Crippen LogP contribution in [0.15, 0.2) is 48.5 Å². The van der Waals surface area contributed by atoms with E-state index in [9.17, 15) is 18.9 Å². The summed E-state index contributed by atoms with van der Waals surface area (Å²) >= 11 is 0. The molecule has 2 amide bonds. The molecule has 9 nitrogen and oxygen atoms in total. The smallest absolute Gasteiger partial charge is 0.274 e. The van der Waals surface area contributed by atoms with Gasteiger partial charge in [0.2, 0.25) is 0 Å². The molecule has 3 aromatic rings. The number of unbranched alkanes of at least 4 members (excludes halogenated alkanes) is 2. The Labute approximate surface area is 245 Å². The second kappa shape index (κ2) is 13.9. The molecule has 220 valence electrons. The van der Waals surface area contributed by atoms with Crippen molar-refractivity contribution in [2.24, 2.45) is 0 Å². The lowest BCUT2D eigenvalue weighted by Gasteiger charge is -2.36. The van der Waals surface area contributed by atoms with Crippen LogP contribution in [-0.2, 0) is 24.0 Å². The fourth-order valence-electron chi connectivity index (χ4n) is 5.26. The highest BCUT2D eigenvalue weighted by Crippen LogP contribution is 2.29. The minimum absolute atomic E-state index is 0.116. The molecule has 2 heterocycles. The second-order valence-corrected chi connectivity index (χ2v) is 11.7. The molecular formula is C31H41N5O4S. The number of aliphatic hydroxyl groups excluding tert-OH is 1. The van der Waals surface area contributed by atoms with E-state index in [1.165, 1.54) is 6.26 Å². The predicted octanol–water partition coefficient (Wildman–Crippen LogP) is 4.49. The summed E-state index contributed by atoms with van der Waals surface area (Å²) in [6.07, 6.45) is 5.91. The molecule has 2 aromatic carbocycles. The van der Waals surface area contributed by atoms with Gasteiger partial charge in [0.15, 0.2) is 5.69 Å². The summed E-state index contributed by atoms with van der Waals surface area (Å²) in [6, 6.07) is 14.5. The van der Waals surface area contributed by atoms with Gasteiger partial charge < -0.3 is 19.6 Å². The van der Waals surface area contributed by atoms with Crippen LogP contribution in [-0.4, -0.2) is 72.7 Å². The molecule has 2 unspecified atom stereocenters. The van der Waals surface area contributed by atoms with Gasteiger partial charge in [0, 0.05) is 37.3 Å². The van der Waals surface area contributed by atoms with E-state index in [1.807, 2.05) is 36.1 Å². The van der Waals surface area contributed by atoms with Crippen molar-refractivity contribution in [3.05, 3.63) is 76.6 Å². The van der Waals surface area contributed by atoms with Crippen molar-refractivity contribution in [1.29, 1.82) is 0 Å². The lowest BCUT2D eigenvalue weighted by atomic mass is 9.93. The van der Waals surface area contributed by atoms with E-state index in [0.717, 1.165) is 42.5 Å². The van der Waals surface area contributed by atoms with Crippen LogP contribution in [0.4, 0.5) is 5.69 Å². The first kappa shape index (κ1) is 30.5. The van der Waals surface area contributed by atoms with E-state index in [2.05, 4.69) is 18.6 Å². The Balaban J connectivity index is 1.74. The van der Waals surface area contributed by atoms with Crippen LogP contribution in [0, 0.1) is 6.92 Å². The lowest BCUT2D eigenvalue weighted by molar-refractivity contribution is 0.0544. The third-order valence-electron chi connectivity index (χ3n) is 7.50. The second-order valence-electron chi connectivity index (χ2n) is 10.6. The zero-order valence-electron chi connectivity index (χ0n) is 24.4.